The van der Waals surface area contributed by atoms with Gasteiger partial charge in [0, 0.05) is 0 Å². The summed E-state index contributed by atoms with van der Waals surface area (Å²) in [6.07, 6.45) is -0.345. The molecule has 4 heteroatoms. The Hall–Kier alpha value is -1.71. The first-order valence-corrected chi connectivity index (χ1v) is 7.15. The second kappa shape index (κ2) is 8.66. The maximum absolute atomic E-state index is 6.05. The van der Waals surface area contributed by atoms with E-state index in [1.807, 2.05) is 76.5 Å². The number of halogens is 1. The van der Waals surface area contributed by atoms with Gasteiger partial charge in [0.1, 0.15) is 11.5 Å². The van der Waals surface area contributed by atoms with Gasteiger partial charge in [0.25, 0.3) is 6.29 Å². The molecule has 120 valence electrons. The van der Waals surface area contributed by atoms with Crippen LogP contribution in [0.3, 0.4) is 0 Å². The highest BCUT2D eigenvalue weighted by atomic mass is 35.5. The minimum Gasteiger partial charge on any atom is -0.453 e. The summed E-state index contributed by atoms with van der Waals surface area (Å²) in [7, 11) is 4.02. The largest absolute Gasteiger partial charge is 0.453 e. The molecular weight excluding hydrogens is 298 g/mol. The second-order valence-corrected chi connectivity index (χ2v) is 5.46. The summed E-state index contributed by atoms with van der Waals surface area (Å²) in [5, 5.41) is 0. The zero-order valence-corrected chi connectivity index (χ0v) is 14.4. The molecule has 0 saturated heterocycles. The second-order valence-electron chi connectivity index (χ2n) is 5.46. The van der Waals surface area contributed by atoms with Crippen LogP contribution in [-0.2, 0) is 0 Å². The standard InChI is InChI=1S/C18H23NO2.ClH/c1-14-9-5-7-11-16(14)20-18(13-19(3)4)21-17-12-8-6-10-15(17)2;/h5-12,18H,13H2,1-4H3;1H. The van der Waals surface area contributed by atoms with Gasteiger partial charge in [-0.05, 0) is 51.2 Å². The number of aryl methyl sites for hydroxylation is 2. The summed E-state index contributed by atoms with van der Waals surface area (Å²) in [4.78, 5) is 2.06. The van der Waals surface area contributed by atoms with E-state index < -0.39 is 0 Å². The number of ether oxygens (including phenoxy) is 2. The van der Waals surface area contributed by atoms with Gasteiger partial charge in [-0.25, -0.2) is 0 Å². The molecule has 0 bridgehead atoms. The summed E-state index contributed by atoms with van der Waals surface area (Å²) in [5.41, 5.74) is 2.21. The molecule has 0 aliphatic rings. The van der Waals surface area contributed by atoms with Crippen molar-refractivity contribution in [2.24, 2.45) is 0 Å². The monoisotopic (exact) mass is 321 g/mol. The predicted octanol–water partition coefficient (Wildman–Crippen LogP) is 4.07. The molecular formula is C18H24ClNO2. The molecule has 0 aliphatic heterocycles. The molecule has 0 aromatic heterocycles. The minimum atomic E-state index is -0.345. The van der Waals surface area contributed by atoms with E-state index in [-0.39, 0.29) is 18.7 Å². The Morgan fingerprint density at radius 3 is 1.59 bits per heavy atom. The molecule has 22 heavy (non-hydrogen) atoms. The van der Waals surface area contributed by atoms with Gasteiger partial charge in [-0.3, -0.25) is 0 Å². The summed E-state index contributed by atoms with van der Waals surface area (Å²) < 4.78 is 12.1. The molecule has 2 aromatic rings. The molecule has 3 nitrogen and oxygen atoms in total. The van der Waals surface area contributed by atoms with Crippen molar-refractivity contribution < 1.29 is 9.47 Å². The van der Waals surface area contributed by atoms with Crippen LogP contribution in [0.5, 0.6) is 11.5 Å². The van der Waals surface area contributed by atoms with Gasteiger partial charge in [0.15, 0.2) is 0 Å². The van der Waals surface area contributed by atoms with Crippen LogP contribution >= 0.6 is 12.4 Å². The van der Waals surface area contributed by atoms with E-state index in [2.05, 4.69) is 4.90 Å². The van der Waals surface area contributed by atoms with E-state index in [1.54, 1.807) is 0 Å². The average molecular weight is 322 g/mol. The Kier molecular flexibility index (Phi) is 7.22. The molecule has 0 atom stereocenters. The van der Waals surface area contributed by atoms with Crippen molar-refractivity contribution in [3.05, 3.63) is 59.7 Å². The highest BCUT2D eigenvalue weighted by Crippen LogP contribution is 2.22. The maximum Gasteiger partial charge on any atom is 0.253 e. The van der Waals surface area contributed by atoms with Gasteiger partial charge in [-0.1, -0.05) is 36.4 Å². The van der Waals surface area contributed by atoms with Gasteiger partial charge in [-0.15, -0.1) is 12.4 Å². The van der Waals surface area contributed by atoms with Gasteiger partial charge in [-0.2, -0.15) is 0 Å². The first-order valence-electron chi connectivity index (χ1n) is 7.15. The van der Waals surface area contributed by atoms with Gasteiger partial charge in [0.2, 0.25) is 0 Å². The first kappa shape index (κ1) is 18.3. The number of nitrogens with zero attached hydrogens (tertiary/aromatic N) is 1. The molecule has 0 aliphatic carbocycles. The Bertz CT molecular complexity index is 539. The van der Waals surface area contributed by atoms with E-state index in [4.69, 9.17) is 9.47 Å². The van der Waals surface area contributed by atoms with Crippen LogP contribution in [0.4, 0.5) is 0 Å². The molecule has 2 aromatic carbocycles. The lowest BCUT2D eigenvalue weighted by Crippen LogP contribution is -2.35. The van der Waals surface area contributed by atoms with E-state index in [0.717, 1.165) is 22.6 Å². The summed E-state index contributed by atoms with van der Waals surface area (Å²) in [5.74, 6) is 1.72. The summed E-state index contributed by atoms with van der Waals surface area (Å²) >= 11 is 0. The molecule has 0 spiro atoms. The van der Waals surface area contributed by atoms with Crippen LogP contribution in [0.1, 0.15) is 11.1 Å². The number of para-hydroxylation sites is 2. The fraction of sp³-hybridized carbons (Fsp3) is 0.333. The van der Waals surface area contributed by atoms with Crippen LogP contribution in [0.2, 0.25) is 0 Å². The van der Waals surface area contributed by atoms with Crippen LogP contribution in [0, 0.1) is 13.8 Å². The fourth-order valence-electron chi connectivity index (χ4n) is 2.06. The van der Waals surface area contributed by atoms with Crippen LogP contribution in [0.25, 0.3) is 0 Å². The number of hydrogen-bond donors (Lipinski definition) is 0. The first-order chi connectivity index (χ1) is 10.1. The average Bonchev–Trinajstić information content (AvgIpc) is 2.43. The highest BCUT2D eigenvalue weighted by molar-refractivity contribution is 5.85. The van der Waals surface area contributed by atoms with Crippen LogP contribution in [0.15, 0.2) is 48.5 Å². The number of hydrogen-bond acceptors (Lipinski definition) is 3. The Labute approximate surface area is 139 Å². The molecule has 0 radical (unpaired) electrons. The van der Waals surface area contributed by atoms with Crippen molar-refractivity contribution in [3.63, 3.8) is 0 Å². The van der Waals surface area contributed by atoms with Crippen molar-refractivity contribution in [3.8, 4) is 11.5 Å². The van der Waals surface area contributed by atoms with Gasteiger partial charge in [0.05, 0.1) is 6.54 Å². The number of benzene rings is 2. The molecule has 0 unspecified atom stereocenters. The van der Waals surface area contributed by atoms with Crippen LogP contribution < -0.4 is 9.47 Å². The minimum absolute atomic E-state index is 0. The van der Waals surface area contributed by atoms with E-state index in [0.29, 0.717) is 6.54 Å². The number of likely N-dealkylation sites (N-methyl/N-ethyl adjacent to an activating group) is 1. The van der Waals surface area contributed by atoms with Crippen molar-refractivity contribution >= 4 is 12.4 Å². The lowest BCUT2D eigenvalue weighted by atomic mass is 10.2. The van der Waals surface area contributed by atoms with Gasteiger partial charge < -0.3 is 14.4 Å². The lowest BCUT2D eigenvalue weighted by Gasteiger charge is -2.24. The lowest BCUT2D eigenvalue weighted by molar-refractivity contribution is -0.0125. The van der Waals surface area contributed by atoms with Crippen molar-refractivity contribution in [1.29, 1.82) is 0 Å². The van der Waals surface area contributed by atoms with Crippen molar-refractivity contribution in [2.45, 2.75) is 20.1 Å². The SMILES string of the molecule is Cc1ccccc1OC(CN(C)C)Oc1ccccc1C.Cl. The summed E-state index contributed by atoms with van der Waals surface area (Å²) in [6.45, 7) is 4.76. The van der Waals surface area contributed by atoms with Crippen LogP contribution in [-0.4, -0.2) is 31.8 Å². The Morgan fingerprint density at radius 1 is 0.818 bits per heavy atom. The van der Waals surface area contributed by atoms with Gasteiger partial charge >= 0.3 is 0 Å². The topological polar surface area (TPSA) is 21.7 Å². The van der Waals surface area contributed by atoms with Crippen molar-refractivity contribution in [2.75, 3.05) is 20.6 Å². The Balaban J connectivity index is 0.00000242. The third-order valence-corrected chi connectivity index (χ3v) is 3.22. The predicted molar refractivity (Wildman–Crippen MR) is 93.2 cm³/mol. The smallest absolute Gasteiger partial charge is 0.253 e. The molecule has 0 N–H and O–H groups in total. The van der Waals surface area contributed by atoms with Crippen molar-refractivity contribution in [1.82, 2.24) is 4.90 Å². The fourth-order valence-corrected chi connectivity index (χ4v) is 2.06. The van der Waals surface area contributed by atoms with E-state index in [1.165, 1.54) is 0 Å². The van der Waals surface area contributed by atoms with E-state index in [9.17, 15) is 0 Å². The third kappa shape index (κ3) is 5.24. The zero-order chi connectivity index (χ0) is 15.2. The molecule has 0 saturated carbocycles. The molecule has 2 rings (SSSR count). The normalized spacial score (nSPS) is 10.5. The third-order valence-electron chi connectivity index (χ3n) is 3.22. The summed E-state index contributed by atoms with van der Waals surface area (Å²) in [6, 6.07) is 16.0. The quantitative estimate of drug-likeness (QED) is 0.749. The highest BCUT2D eigenvalue weighted by Gasteiger charge is 2.15. The van der Waals surface area contributed by atoms with E-state index >= 15 is 0 Å². The molecule has 0 amide bonds. The molecule has 0 fully saturated rings. The molecule has 0 heterocycles. The Morgan fingerprint density at radius 2 is 1.23 bits per heavy atom. The maximum atomic E-state index is 6.05. The number of rotatable bonds is 6. The zero-order valence-electron chi connectivity index (χ0n) is 13.6.